The first-order valence-electron chi connectivity index (χ1n) is 10.8. The molecule has 0 atom stereocenters. The highest BCUT2D eigenvalue weighted by Crippen LogP contribution is 2.23. The molecule has 4 rings (SSSR count). The second-order valence-electron chi connectivity index (χ2n) is 8.19. The lowest BCUT2D eigenvalue weighted by Gasteiger charge is -2.38. The van der Waals surface area contributed by atoms with Crippen molar-refractivity contribution in [3.05, 3.63) is 35.7 Å². The summed E-state index contributed by atoms with van der Waals surface area (Å²) in [4.78, 5) is 24.2. The first-order valence-corrected chi connectivity index (χ1v) is 10.8. The normalized spacial score (nSPS) is 19.6. The van der Waals surface area contributed by atoms with Gasteiger partial charge in [0.05, 0.1) is 6.54 Å². The summed E-state index contributed by atoms with van der Waals surface area (Å²) >= 11 is 0. The monoisotopic (exact) mass is 397 g/mol. The minimum absolute atomic E-state index is 0.157. The van der Waals surface area contributed by atoms with E-state index in [0.29, 0.717) is 24.2 Å². The molecule has 0 aliphatic carbocycles. The second-order valence-corrected chi connectivity index (χ2v) is 8.19. The fraction of sp³-hybridized carbons (Fsp3) is 0.591. The fourth-order valence-corrected chi connectivity index (χ4v) is 4.29. The highest BCUT2D eigenvalue weighted by Gasteiger charge is 2.30. The summed E-state index contributed by atoms with van der Waals surface area (Å²) < 4.78 is 5.47. The Morgan fingerprint density at radius 1 is 1.10 bits per heavy atom. The van der Waals surface area contributed by atoms with Gasteiger partial charge < -0.3 is 14.3 Å². The Morgan fingerprint density at radius 2 is 1.86 bits per heavy atom. The molecule has 156 valence electrons. The van der Waals surface area contributed by atoms with Gasteiger partial charge in [-0.1, -0.05) is 35.8 Å². The van der Waals surface area contributed by atoms with Gasteiger partial charge >= 0.3 is 0 Å². The quantitative estimate of drug-likeness (QED) is 0.772. The van der Waals surface area contributed by atoms with E-state index < -0.39 is 0 Å². The molecule has 2 saturated heterocycles. The second kappa shape index (κ2) is 9.05. The maximum atomic E-state index is 12.8. The van der Waals surface area contributed by atoms with Crippen molar-refractivity contribution in [2.45, 2.75) is 33.2 Å². The predicted molar refractivity (Wildman–Crippen MR) is 111 cm³/mol. The largest absolute Gasteiger partial charge is 0.340 e. The van der Waals surface area contributed by atoms with Crippen LogP contribution in [0.25, 0.3) is 11.4 Å². The molecule has 7 nitrogen and oxygen atoms in total. The van der Waals surface area contributed by atoms with E-state index in [4.69, 9.17) is 4.52 Å². The highest BCUT2D eigenvalue weighted by molar-refractivity contribution is 5.79. The van der Waals surface area contributed by atoms with Gasteiger partial charge in [-0.05, 0) is 45.5 Å². The summed E-state index contributed by atoms with van der Waals surface area (Å²) in [5.74, 6) is 1.78. The third-order valence-corrected chi connectivity index (χ3v) is 6.17. The van der Waals surface area contributed by atoms with Crippen LogP contribution in [0.4, 0.5) is 0 Å². The molecule has 1 aromatic carbocycles. The van der Waals surface area contributed by atoms with Crippen LogP contribution in [0.1, 0.15) is 31.2 Å². The topological polar surface area (TPSA) is 65.7 Å². The molecule has 1 aromatic heterocycles. The van der Waals surface area contributed by atoms with Crippen molar-refractivity contribution in [3.63, 3.8) is 0 Å². The van der Waals surface area contributed by atoms with E-state index in [2.05, 4.69) is 50.8 Å². The average Bonchev–Trinajstić information content (AvgIpc) is 3.22. The third kappa shape index (κ3) is 4.85. The van der Waals surface area contributed by atoms with E-state index in [0.717, 1.165) is 64.2 Å². The molecular formula is C22H31N5O2. The zero-order valence-electron chi connectivity index (χ0n) is 17.5. The molecule has 0 saturated carbocycles. The van der Waals surface area contributed by atoms with Crippen LogP contribution < -0.4 is 0 Å². The van der Waals surface area contributed by atoms with Crippen LogP contribution in [0.2, 0.25) is 0 Å². The van der Waals surface area contributed by atoms with Crippen LogP contribution in [-0.2, 0) is 11.3 Å². The van der Waals surface area contributed by atoms with E-state index in [1.807, 2.05) is 12.1 Å². The molecule has 29 heavy (non-hydrogen) atoms. The van der Waals surface area contributed by atoms with Gasteiger partial charge in [0.1, 0.15) is 0 Å². The number of hydrogen-bond donors (Lipinski definition) is 0. The van der Waals surface area contributed by atoms with Crippen molar-refractivity contribution >= 4 is 5.91 Å². The van der Waals surface area contributed by atoms with Crippen molar-refractivity contribution in [3.8, 4) is 11.4 Å². The summed E-state index contributed by atoms with van der Waals surface area (Å²) in [5.41, 5.74) is 2.16. The number of amides is 1. The number of carbonyl (C=O) groups is 1. The van der Waals surface area contributed by atoms with Crippen LogP contribution in [-0.4, -0.2) is 76.6 Å². The van der Waals surface area contributed by atoms with Crippen LogP contribution in [0.3, 0.4) is 0 Å². The number of piperazine rings is 1. The first-order chi connectivity index (χ1) is 14.1. The maximum absolute atomic E-state index is 12.8. The van der Waals surface area contributed by atoms with Crippen LogP contribution in [0, 0.1) is 12.8 Å². The molecule has 3 heterocycles. The van der Waals surface area contributed by atoms with E-state index >= 15 is 0 Å². The lowest BCUT2D eigenvalue weighted by Crippen LogP contribution is -2.51. The predicted octanol–water partition coefficient (Wildman–Crippen LogP) is 2.42. The summed E-state index contributed by atoms with van der Waals surface area (Å²) in [6.07, 6.45) is 1.82. The van der Waals surface area contributed by atoms with E-state index in [-0.39, 0.29) is 5.92 Å². The van der Waals surface area contributed by atoms with Crippen molar-refractivity contribution in [1.29, 1.82) is 0 Å². The number of rotatable bonds is 5. The van der Waals surface area contributed by atoms with Crippen LogP contribution >= 0.6 is 0 Å². The van der Waals surface area contributed by atoms with E-state index in [1.54, 1.807) is 0 Å². The Hall–Kier alpha value is -2.25. The SMILES string of the molecule is CCN1CCN(C(=O)C2CCN(Cc3nc(-c4cccc(C)c4)no3)CC2)CC1. The van der Waals surface area contributed by atoms with Gasteiger partial charge in [-0.15, -0.1) is 0 Å². The number of benzene rings is 1. The molecular weight excluding hydrogens is 366 g/mol. The minimum Gasteiger partial charge on any atom is -0.340 e. The van der Waals surface area contributed by atoms with Crippen molar-refractivity contribution < 1.29 is 9.32 Å². The molecule has 0 N–H and O–H groups in total. The van der Waals surface area contributed by atoms with Gasteiger partial charge in [0.2, 0.25) is 17.6 Å². The van der Waals surface area contributed by atoms with Gasteiger partial charge in [-0.25, -0.2) is 0 Å². The van der Waals surface area contributed by atoms with Crippen molar-refractivity contribution in [1.82, 2.24) is 24.8 Å². The Bertz CT molecular complexity index is 820. The number of likely N-dealkylation sites (N-methyl/N-ethyl adjacent to an activating group) is 1. The molecule has 7 heteroatoms. The Kier molecular flexibility index (Phi) is 6.25. The molecule has 0 radical (unpaired) electrons. The molecule has 1 amide bonds. The number of nitrogens with zero attached hydrogens (tertiary/aromatic N) is 5. The summed E-state index contributed by atoms with van der Waals surface area (Å²) in [6, 6.07) is 8.12. The average molecular weight is 398 g/mol. The zero-order valence-corrected chi connectivity index (χ0v) is 17.5. The number of aryl methyl sites for hydroxylation is 1. The van der Waals surface area contributed by atoms with E-state index in [1.165, 1.54) is 5.56 Å². The molecule has 2 aliphatic rings. The van der Waals surface area contributed by atoms with Gasteiger partial charge in [-0.3, -0.25) is 9.69 Å². The van der Waals surface area contributed by atoms with Crippen molar-refractivity contribution in [2.24, 2.45) is 5.92 Å². The molecule has 2 aromatic rings. The van der Waals surface area contributed by atoms with Gasteiger partial charge in [-0.2, -0.15) is 4.98 Å². The van der Waals surface area contributed by atoms with Crippen molar-refractivity contribution in [2.75, 3.05) is 45.8 Å². The number of hydrogen-bond acceptors (Lipinski definition) is 6. The number of aromatic nitrogens is 2. The third-order valence-electron chi connectivity index (χ3n) is 6.17. The zero-order chi connectivity index (χ0) is 20.2. The molecule has 0 unspecified atom stereocenters. The lowest BCUT2D eigenvalue weighted by atomic mass is 9.95. The Labute approximate surface area is 172 Å². The Balaban J connectivity index is 1.27. The highest BCUT2D eigenvalue weighted by atomic mass is 16.5. The smallest absolute Gasteiger partial charge is 0.241 e. The summed E-state index contributed by atoms with van der Waals surface area (Å²) in [7, 11) is 0. The molecule has 2 fully saturated rings. The number of likely N-dealkylation sites (tertiary alicyclic amines) is 1. The minimum atomic E-state index is 0.157. The molecule has 0 spiro atoms. The maximum Gasteiger partial charge on any atom is 0.241 e. The van der Waals surface area contributed by atoms with Crippen LogP contribution in [0.5, 0.6) is 0 Å². The Morgan fingerprint density at radius 3 is 2.55 bits per heavy atom. The van der Waals surface area contributed by atoms with Gasteiger partial charge in [0.25, 0.3) is 0 Å². The fourth-order valence-electron chi connectivity index (χ4n) is 4.29. The summed E-state index contributed by atoms with van der Waals surface area (Å²) in [6.45, 7) is 11.5. The number of piperidine rings is 1. The summed E-state index contributed by atoms with van der Waals surface area (Å²) in [5, 5.41) is 4.13. The van der Waals surface area contributed by atoms with Gasteiger partial charge in [0, 0.05) is 37.7 Å². The van der Waals surface area contributed by atoms with E-state index in [9.17, 15) is 4.79 Å². The molecule has 0 bridgehead atoms. The standard InChI is InChI=1S/C22H31N5O2/c1-3-25-11-13-27(14-12-25)22(28)18-7-9-26(10-8-18)16-20-23-21(24-29-20)19-6-4-5-17(2)15-19/h4-6,15,18H,3,7-14,16H2,1-2H3. The van der Waals surface area contributed by atoms with Crippen LogP contribution in [0.15, 0.2) is 28.8 Å². The lowest BCUT2D eigenvalue weighted by molar-refractivity contribution is -0.138. The molecule has 2 aliphatic heterocycles. The first kappa shape index (κ1) is 20.0. The van der Waals surface area contributed by atoms with Gasteiger partial charge in [0.15, 0.2) is 0 Å². The number of carbonyl (C=O) groups excluding carboxylic acids is 1.